The Morgan fingerprint density at radius 1 is 1.64 bits per heavy atom. The molecule has 0 spiro atoms. The zero-order valence-electron chi connectivity index (χ0n) is 8.37. The van der Waals surface area contributed by atoms with E-state index in [1.165, 1.54) is 6.20 Å². The lowest BCUT2D eigenvalue weighted by atomic mass is 10.2. The van der Waals surface area contributed by atoms with E-state index < -0.39 is 0 Å². The van der Waals surface area contributed by atoms with Crippen molar-refractivity contribution in [3.63, 3.8) is 0 Å². The fourth-order valence-electron chi connectivity index (χ4n) is 1.09. The van der Waals surface area contributed by atoms with Gasteiger partial charge in [0.05, 0.1) is 25.1 Å². The van der Waals surface area contributed by atoms with Crippen molar-refractivity contribution in [2.75, 3.05) is 20.3 Å². The first-order chi connectivity index (χ1) is 6.79. The Morgan fingerprint density at radius 2 is 2.43 bits per heavy atom. The lowest BCUT2D eigenvalue weighted by Gasteiger charge is -2.01. The Bertz CT molecular complexity index is 296. The third-order valence-corrected chi connectivity index (χ3v) is 1.77. The minimum atomic E-state index is -0.340. The maximum atomic E-state index is 11.4. The van der Waals surface area contributed by atoms with Crippen LogP contribution in [0.1, 0.15) is 23.0 Å². The number of nitrogens with one attached hydrogen (secondary N) is 1. The predicted octanol–water partition coefficient (Wildman–Crippen LogP) is 0.775. The Hall–Kier alpha value is -1.36. The number of esters is 1. The largest absolute Gasteiger partial charge is 0.462 e. The van der Waals surface area contributed by atoms with Crippen LogP contribution in [-0.2, 0) is 15.9 Å². The van der Waals surface area contributed by atoms with E-state index in [1.54, 1.807) is 14.0 Å². The van der Waals surface area contributed by atoms with Crippen molar-refractivity contribution in [1.82, 2.24) is 10.2 Å². The minimum Gasteiger partial charge on any atom is -0.462 e. The molecule has 0 fully saturated rings. The van der Waals surface area contributed by atoms with E-state index in [1.807, 2.05) is 0 Å². The van der Waals surface area contributed by atoms with Crippen LogP contribution >= 0.6 is 0 Å². The molecule has 0 aliphatic carbocycles. The molecule has 5 nitrogen and oxygen atoms in total. The first-order valence-corrected chi connectivity index (χ1v) is 4.47. The van der Waals surface area contributed by atoms with Crippen LogP contribution in [0.5, 0.6) is 0 Å². The Labute approximate surface area is 82.4 Å². The fourth-order valence-corrected chi connectivity index (χ4v) is 1.09. The smallest absolute Gasteiger partial charge is 0.341 e. The van der Waals surface area contributed by atoms with Gasteiger partial charge in [-0.2, -0.15) is 5.10 Å². The van der Waals surface area contributed by atoms with Crippen molar-refractivity contribution in [1.29, 1.82) is 0 Å². The third kappa shape index (κ3) is 2.56. The van der Waals surface area contributed by atoms with Gasteiger partial charge >= 0.3 is 5.97 Å². The molecule has 0 amide bonds. The molecule has 1 aromatic heterocycles. The molecular formula is C9H14N2O3. The van der Waals surface area contributed by atoms with Crippen molar-refractivity contribution in [3.8, 4) is 0 Å². The van der Waals surface area contributed by atoms with Crippen LogP contribution in [0.3, 0.4) is 0 Å². The second-order valence-corrected chi connectivity index (χ2v) is 2.73. The van der Waals surface area contributed by atoms with E-state index in [9.17, 15) is 4.79 Å². The van der Waals surface area contributed by atoms with E-state index >= 15 is 0 Å². The summed E-state index contributed by atoms with van der Waals surface area (Å²) in [6, 6.07) is 0. The minimum absolute atomic E-state index is 0.340. The van der Waals surface area contributed by atoms with E-state index in [0.717, 1.165) is 5.69 Å². The summed E-state index contributed by atoms with van der Waals surface area (Å²) in [5, 5.41) is 6.55. The normalized spacial score (nSPS) is 10.1. The SMILES string of the molecule is CCOC(=O)c1cn[nH]c1CCOC. The molecule has 78 valence electrons. The summed E-state index contributed by atoms with van der Waals surface area (Å²) in [4.78, 5) is 11.4. The highest BCUT2D eigenvalue weighted by Gasteiger charge is 2.13. The molecule has 0 radical (unpaired) electrons. The lowest BCUT2D eigenvalue weighted by Crippen LogP contribution is -2.08. The highest BCUT2D eigenvalue weighted by Crippen LogP contribution is 2.07. The molecule has 0 atom stereocenters. The average molecular weight is 198 g/mol. The predicted molar refractivity (Wildman–Crippen MR) is 50.1 cm³/mol. The average Bonchev–Trinajstić information content (AvgIpc) is 2.63. The number of aromatic nitrogens is 2. The molecule has 0 aromatic carbocycles. The molecule has 14 heavy (non-hydrogen) atoms. The van der Waals surface area contributed by atoms with E-state index in [2.05, 4.69) is 10.2 Å². The Kier molecular flexibility index (Phi) is 4.12. The van der Waals surface area contributed by atoms with Gasteiger partial charge in [-0.15, -0.1) is 0 Å². The maximum absolute atomic E-state index is 11.4. The highest BCUT2D eigenvalue weighted by atomic mass is 16.5. The van der Waals surface area contributed by atoms with Crippen LogP contribution in [-0.4, -0.2) is 36.5 Å². The molecule has 0 aliphatic rings. The molecule has 0 aliphatic heterocycles. The number of aromatic amines is 1. The van der Waals surface area contributed by atoms with Gasteiger partial charge in [0, 0.05) is 13.5 Å². The summed E-state index contributed by atoms with van der Waals surface area (Å²) < 4.78 is 9.78. The molecule has 1 N–H and O–H groups in total. The summed E-state index contributed by atoms with van der Waals surface area (Å²) in [5.74, 6) is -0.340. The van der Waals surface area contributed by atoms with Gasteiger partial charge in [-0.05, 0) is 6.92 Å². The van der Waals surface area contributed by atoms with E-state index in [-0.39, 0.29) is 5.97 Å². The van der Waals surface area contributed by atoms with Crippen molar-refractivity contribution < 1.29 is 14.3 Å². The summed E-state index contributed by atoms with van der Waals surface area (Å²) in [5.41, 5.74) is 1.24. The summed E-state index contributed by atoms with van der Waals surface area (Å²) in [6.45, 7) is 2.69. The van der Waals surface area contributed by atoms with Crippen molar-refractivity contribution >= 4 is 5.97 Å². The number of nitrogens with zero attached hydrogens (tertiary/aromatic N) is 1. The van der Waals surface area contributed by atoms with E-state index in [0.29, 0.717) is 25.2 Å². The number of carbonyl (C=O) groups is 1. The maximum Gasteiger partial charge on any atom is 0.341 e. The van der Waals surface area contributed by atoms with Crippen molar-refractivity contribution in [2.45, 2.75) is 13.3 Å². The van der Waals surface area contributed by atoms with Gasteiger partial charge in [0.2, 0.25) is 0 Å². The number of methoxy groups -OCH3 is 1. The second kappa shape index (κ2) is 5.39. The summed E-state index contributed by atoms with van der Waals surface area (Å²) >= 11 is 0. The van der Waals surface area contributed by atoms with Crippen LogP contribution in [0.15, 0.2) is 6.20 Å². The number of hydrogen-bond donors (Lipinski definition) is 1. The van der Waals surface area contributed by atoms with Gasteiger partial charge < -0.3 is 9.47 Å². The van der Waals surface area contributed by atoms with Gasteiger partial charge in [0.25, 0.3) is 0 Å². The third-order valence-electron chi connectivity index (χ3n) is 1.77. The number of ether oxygens (including phenoxy) is 2. The summed E-state index contributed by atoms with van der Waals surface area (Å²) in [6.07, 6.45) is 2.10. The topological polar surface area (TPSA) is 64.2 Å². The van der Waals surface area contributed by atoms with Gasteiger partial charge in [0.1, 0.15) is 5.56 Å². The molecule has 1 heterocycles. The molecule has 0 saturated carbocycles. The van der Waals surface area contributed by atoms with E-state index in [4.69, 9.17) is 9.47 Å². The van der Waals surface area contributed by atoms with Crippen molar-refractivity contribution in [2.24, 2.45) is 0 Å². The zero-order valence-corrected chi connectivity index (χ0v) is 8.37. The number of hydrogen-bond acceptors (Lipinski definition) is 4. The fraction of sp³-hybridized carbons (Fsp3) is 0.556. The molecule has 0 unspecified atom stereocenters. The standard InChI is InChI=1S/C9H14N2O3/c1-3-14-9(12)7-6-10-11-8(7)4-5-13-2/h6H,3-5H2,1-2H3,(H,10,11). The van der Waals surface area contributed by atoms with Crippen LogP contribution in [0.2, 0.25) is 0 Å². The number of carbonyl (C=O) groups excluding carboxylic acids is 1. The monoisotopic (exact) mass is 198 g/mol. The first-order valence-electron chi connectivity index (χ1n) is 4.47. The highest BCUT2D eigenvalue weighted by molar-refractivity contribution is 5.90. The molecule has 1 aromatic rings. The van der Waals surface area contributed by atoms with Gasteiger partial charge in [0.15, 0.2) is 0 Å². The first kappa shape index (κ1) is 10.7. The quantitative estimate of drug-likeness (QED) is 0.710. The van der Waals surface area contributed by atoms with Crippen LogP contribution < -0.4 is 0 Å². The molecule has 0 saturated heterocycles. The number of rotatable bonds is 5. The van der Waals surface area contributed by atoms with Crippen LogP contribution in [0.4, 0.5) is 0 Å². The Morgan fingerprint density at radius 3 is 3.07 bits per heavy atom. The van der Waals surface area contributed by atoms with Gasteiger partial charge in [-0.3, -0.25) is 5.10 Å². The zero-order chi connectivity index (χ0) is 10.4. The number of H-pyrrole nitrogens is 1. The molecular weight excluding hydrogens is 184 g/mol. The molecule has 5 heteroatoms. The van der Waals surface area contributed by atoms with Crippen molar-refractivity contribution in [3.05, 3.63) is 17.5 Å². The van der Waals surface area contributed by atoms with Crippen LogP contribution in [0.25, 0.3) is 0 Å². The van der Waals surface area contributed by atoms with Gasteiger partial charge in [-0.25, -0.2) is 4.79 Å². The van der Waals surface area contributed by atoms with Gasteiger partial charge in [-0.1, -0.05) is 0 Å². The summed E-state index contributed by atoms with van der Waals surface area (Å²) in [7, 11) is 1.61. The molecule has 1 rings (SSSR count). The Balaban J connectivity index is 2.66. The second-order valence-electron chi connectivity index (χ2n) is 2.73. The molecule has 0 bridgehead atoms. The van der Waals surface area contributed by atoms with Crippen LogP contribution in [0, 0.1) is 0 Å². The lowest BCUT2D eigenvalue weighted by molar-refractivity contribution is 0.0524.